The van der Waals surface area contributed by atoms with Crippen molar-refractivity contribution >= 4 is 12.0 Å². The molecule has 1 fully saturated rings. The molecule has 1 aromatic rings. The minimum absolute atomic E-state index is 0.00479. The minimum atomic E-state index is -0.816. The van der Waals surface area contributed by atoms with Gasteiger partial charge in [-0.15, -0.1) is 0 Å². The number of carbonyl (C=O) groups excluding carboxylic acids is 1. The smallest absolute Gasteiger partial charge is 0.317 e. The lowest BCUT2D eigenvalue weighted by atomic mass is 9.85. The van der Waals surface area contributed by atoms with E-state index in [0.717, 1.165) is 24.2 Å². The van der Waals surface area contributed by atoms with Gasteiger partial charge in [0.05, 0.1) is 13.1 Å². The molecule has 2 rings (SSSR count). The molecule has 2 amide bonds. The molecule has 1 aromatic carbocycles. The number of aliphatic carboxylic acids is 1. The first-order chi connectivity index (χ1) is 13.2. The molecular weight excluding hydrogens is 358 g/mol. The fraction of sp³-hybridized carbons (Fsp3) is 0.619. The van der Waals surface area contributed by atoms with E-state index in [-0.39, 0.29) is 30.1 Å². The van der Waals surface area contributed by atoms with E-state index in [0.29, 0.717) is 19.7 Å². The molecule has 1 saturated carbocycles. The van der Waals surface area contributed by atoms with Crippen molar-refractivity contribution in [3.63, 3.8) is 0 Å². The number of hydrogen-bond donors (Lipinski definition) is 3. The standard InChI is InChI=1S/C21H33N3O4/c1-5-24(14-19(25)26)16-12-15(13-16)23-20(27)22-10-11-28-18-9-7-6-8-17(18)21(2,3)4/h6-9,15-16H,5,10-14H2,1-4H3,(H,25,26)(H2,22,23,27). The molecule has 0 aliphatic heterocycles. The van der Waals surface area contributed by atoms with Crippen molar-refractivity contribution in [2.45, 2.75) is 58.0 Å². The number of para-hydroxylation sites is 1. The van der Waals surface area contributed by atoms with Crippen LogP contribution in [0, 0.1) is 0 Å². The molecule has 7 nitrogen and oxygen atoms in total. The lowest BCUT2D eigenvalue weighted by Gasteiger charge is -2.42. The first-order valence-corrected chi connectivity index (χ1v) is 9.93. The Morgan fingerprint density at radius 3 is 2.54 bits per heavy atom. The second-order valence-corrected chi connectivity index (χ2v) is 8.27. The highest BCUT2D eigenvalue weighted by Gasteiger charge is 2.34. The average Bonchev–Trinajstić information content (AvgIpc) is 2.59. The maximum atomic E-state index is 12.0. The van der Waals surface area contributed by atoms with Gasteiger partial charge in [-0.3, -0.25) is 9.69 Å². The van der Waals surface area contributed by atoms with E-state index in [1.807, 2.05) is 30.0 Å². The fourth-order valence-corrected chi connectivity index (χ4v) is 3.45. The Morgan fingerprint density at radius 2 is 1.93 bits per heavy atom. The summed E-state index contributed by atoms with van der Waals surface area (Å²) >= 11 is 0. The molecule has 0 atom stereocenters. The highest BCUT2D eigenvalue weighted by molar-refractivity contribution is 5.74. The number of amides is 2. The van der Waals surface area contributed by atoms with Crippen molar-refractivity contribution in [2.24, 2.45) is 0 Å². The lowest BCUT2D eigenvalue weighted by Crippen LogP contribution is -2.56. The van der Waals surface area contributed by atoms with Crippen LogP contribution < -0.4 is 15.4 Å². The zero-order valence-corrected chi connectivity index (χ0v) is 17.3. The number of hydrogen-bond acceptors (Lipinski definition) is 4. The van der Waals surface area contributed by atoms with E-state index < -0.39 is 5.97 Å². The fourth-order valence-electron chi connectivity index (χ4n) is 3.45. The van der Waals surface area contributed by atoms with Crippen molar-refractivity contribution < 1.29 is 19.4 Å². The van der Waals surface area contributed by atoms with Gasteiger partial charge in [-0.25, -0.2) is 4.79 Å². The van der Waals surface area contributed by atoms with Crippen molar-refractivity contribution in [1.82, 2.24) is 15.5 Å². The third-order valence-corrected chi connectivity index (χ3v) is 5.05. The molecule has 1 aliphatic rings. The summed E-state index contributed by atoms with van der Waals surface area (Å²) in [5.74, 6) is 0.0289. The third-order valence-electron chi connectivity index (χ3n) is 5.05. The van der Waals surface area contributed by atoms with Gasteiger partial charge < -0.3 is 20.5 Å². The van der Waals surface area contributed by atoms with Gasteiger partial charge in [-0.05, 0) is 36.4 Å². The molecule has 0 radical (unpaired) electrons. The highest BCUT2D eigenvalue weighted by atomic mass is 16.5. The van der Waals surface area contributed by atoms with Crippen molar-refractivity contribution in [1.29, 1.82) is 0 Å². The summed E-state index contributed by atoms with van der Waals surface area (Å²) in [6.45, 7) is 9.94. The number of benzene rings is 1. The number of rotatable bonds is 9. The van der Waals surface area contributed by atoms with E-state index >= 15 is 0 Å². The molecule has 0 unspecified atom stereocenters. The normalized spacial score (nSPS) is 19.0. The molecule has 0 heterocycles. The summed E-state index contributed by atoms with van der Waals surface area (Å²) in [5, 5.41) is 14.7. The molecule has 3 N–H and O–H groups in total. The molecule has 0 spiro atoms. The minimum Gasteiger partial charge on any atom is -0.491 e. The number of likely N-dealkylation sites (N-methyl/N-ethyl adjacent to an activating group) is 1. The Labute approximate surface area is 167 Å². The average molecular weight is 392 g/mol. The van der Waals surface area contributed by atoms with Gasteiger partial charge in [0.2, 0.25) is 0 Å². The molecule has 0 aromatic heterocycles. The van der Waals surface area contributed by atoms with Crippen LogP contribution in [-0.4, -0.2) is 60.3 Å². The van der Waals surface area contributed by atoms with E-state index in [1.54, 1.807) is 0 Å². The van der Waals surface area contributed by atoms with Gasteiger partial charge in [0.25, 0.3) is 0 Å². The second-order valence-electron chi connectivity index (χ2n) is 8.27. The van der Waals surface area contributed by atoms with Gasteiger partial charge >= 0.3 is 12.0 Å². The van der Waals surface area contributed by atoms with E-state index in [1.165, 1.54) is 0 Å². The Morgan fingerprint density at radius 1 is 1.25 bits per heavy atom. The summed E-state index contributed by atoms with van der Waals surface area (Å²) in [4.78, 5) is 24.8. The van der Waals surface area contributed by atoms with Crippen LogP contribution >= 0.6 is 0 Å². The third kappa shape index (κ3) is 6.41. The van der Waals surface area contributed by atoms with Crippen LogP contribution in [0.4, 0.5) is 4.79 Å². The van der Waals surface area contributed by atoms with Gasteiger partial charge in [0.1, 0.15) is 12.4 Å². The number of ether oxygens (including phenoxy) is 1. The summed E-state index contributed by atoms with van der Waals surface area (Å²) in [6, 6.07) is 8.07. The van der Waals surface area contributed by atoms with Crippen molar-refractivity contribution in [3.8, 4) is 5.75 Å². The zero-order chi connectivity index (χ0) is 20.7. The molecule has 0 saturated heterocycles. The van der Waals surface area contributed by atoms with Gasteiger partial charge in [0.15, 0.2) is 0 Å². The number of carboxylic acid groups (broad SMARTS) is 1. The largest absolute Gasteiger partial charge is 0.491 e. The first kappa shape index (κ1) is 22.0. The Balaban J connectivity index is 1.66. The van der Waals surface area contributed by atoms with E-state index in [9.17, 15) is 9.59 Å². The quantitative estimate of drug-likeness (QED) is 0.563. The Hall–Kier alpha value is -2.28. The van der Waals surface area contributed by atoms with Crippen LogP contribution in [0.3, 0.4) is 0 Å². The number of nitrogens with zero attached hydrogens (tertiary/aromatic N) is 1. The first-order valence-electron chi connectivity index (χ1n) is 9.93. The van der Waals surface area contributed by atoms with E-state index in [2.05, 4.69) is 37.5 Å². The van der Waals surface area contributed by atoms with E-state index in [4.69, 9.17) is 9.84 Å². The molecule has 0 bridgehead atoms. The number of nitrogens with one attached hydrogen (secondary N) is 2. The summed E-state index contributed by atoms with van der Waals surface area (Å²) in [7, 11) is 0. The monoisotopic (exact) mass is 391 g/mol. The highest BCUT2D eigenvalue weighted by Crippen LogP contribution is 2.30. The summed E-state index contributed by atoms with van der Waals surface area (Å²) in [5.41, 5.74) is 1.14. The van der Waals surface area contributed by atoms with Crippen LogP contribution in [0.25, 0.3) is 0 Å². The van der Waals surface area contributed by atoms with Gasteiger partial charge in [0, 0.05) is 12.1 Å². The maximum absolute atomic E-state index is 12.0. The second kappa shape index (κ2) is 9.78. The number of carbonyl (C=O) groups is 2. The van der Waals surface area contributed by atoms with Crippen LogP contribution in [0.2, 0.25) is 0 Å². The Kier molecular flexibility index (Phi) is 7.69. The molecule has 156 valence electrons. The van der Waals surface area contributed by atoms with Crippen LogP contribution in [-0.2, 0) is 10.2 Å². The zero-order valence-electron chi connectivity index (χ0n) is 17.3. The molecule has 7 heteroatoms. The predicted octanol–water partition coefficient (Wildman–Crippen LogP) is 2.60. The van der Waals surface area contributed by atoms with Gasteiger partial charge in [-0.1, -0.05) is 45.9 Å². The SMILES string of the molecule is CCN(CC(=O)O)C1CC(NC(=O)NCCOc2ccccc2C(C)(C)C)C1. The Bertz CT molecular complexity index is 666. The van der Waals surface area contributed by atoms with Crippen molar-refractivity contribution in [3.05, 3.63) is 29.8 Å². The van der Waals surface area contributed by atoms with Crippen molar-refractivity contribution in [2.75, 3.05) is 26.2 Å². The van der Waals surface area contributed by atoms with Crippen LogP contribution in [0.15, 0.2) is 24.3 Å². The lowest BCUT2D eigenvalue weighted by molar-refractivity contribution is -0.139. The van der Waals surface area contributed by atoms with Crippen LogP contribution in [0.5, 0.6) is 5.75 Å². The molecular formula is C21H33N3O4. The number of urea groups is 1. The molecule has 28 heavy (non-hydrogen) atoms. The molecule has 1 aliphatic carbocycles. The predicted molar refractivity (Wildman–Crippen MR) is 109 cm³/mol. The summed E-state index contributed by atoms with van der Waals surface area (Å²) in [6.07, 6.45) is 1.56. The van der Waals surface area contributed by atoms with Crippen LogP contribution in [0.1, 0.15) is 46.1 Å². The number of carboxylic acids is 1. The maximum Gasteiger partial charge on any atom is 0.317 e. The summed E-state index contributed by atoms with van der Waals surface area (Å²) < 4.78 is 5.85. The van der Waals surface area contributed by atoms with Gasteiger partial charge in [-0.2, -0.15) is 0 Å². The topological polar surface area (TPSA) is 90.9 Å².